The summed E-state index contributed by atoms with van der Waals surface area (Å²) in [6.07, 6.45) is -1.19. The van der Waals surface area contributed by atoms with E-state index in [1.807, 2.05) is 0 Å². The van der Waals surface area contributed by atoms with Crippen molar-refractivity contribution in [2.24, 2.45) is 0 Å². The highest BCUT2D eigenvalue weighted by molar-refractivity contribution is 5.37. The van der Waals surface area contributed by atoms with Crippen LogP contribution in [0.4, 0.5) is 13.2 Å². The van der Waals surface area contributed by atoms with E-state index in [2.05, 4.69) is 5.32 Å². The fourth-order valence-corrected chi connectivity index (χ4v) is 2.34. The van der Waals surface area contributed by atoms with E-state index in [1.54, 1.807) is 19.4 Å². The summed E-state index contributed by atoms with van der Waals surface area (Å²) in [7, 11) is 1.66. The summed E-state index contributed by atoms with van der Waals surface area (Å²) in [6.45, 7) is 0.626. The van der Waals surface area contributed by atoms with Crippen molar-refractivity contribution in [3.8, 4) is 0 Å². The SMILES string of the molecule is CNC(C1=COCCC1)c1ccccc1C(F)(F)F. The van der Waals surface area contributed by atoms with Crippen molar-refractivity contribution in [3.05, 3.63) is 47.2 Å². The zero-order chi connectivity index (χ0) is 13.9. The normalized spacial score (nSPS) is 17.6. The lowest BCUT2D eigenvalue weighted by atomic mass is 9.92. The lowest BCUT2D eigenvalue weighted by Gasteiger charge is -2.25. The van der Waals surface area contributed by atoms with E-state index in [9.17, 15) is 13.2 Å². The first kappa shape index (κ1) is 13.9. The van der Waals surface area contributed by atoms with Crippen molar-refractivity contribution in [1.82, 2.24) is 5.32 Å². The van der Waals surface area contributed by atoms with E-state index in [-0.39, 0.29) is 5.56 Å². The average molecular weight is 271 g/mol. The number of benzene rings is 1. The molecular weight excluding hydrogens is 255 g/mol. The van der Waals surface area contributed by atoms with Crippen molar-refractivity contribution in [3.63, 3.8) is 0 Å². The molecule has 1 aliphatic rings. The van der Waals surface area contributed by atoms with Crippen LogP contribution >= 0.6 is 0 Å². The van der Waals surface area contributed by atoms with Crippen LogP contribution in [0.2, 0.25) is 0 Å². The summed E-state index contributed by atoms with van der Waals surface area (Å²) >= 11 is 0. The lowest BCUT2D eigenvalue weighted by Crippen LogP contribution is -2.24. The Bertz CT molecular complexity index is 468. The number of alkyl halides is 3. The molecule has 0 saturated carbocycles. The van der Waals surface area contributed by atoms with Crippen LogP contribution in [-0.2, 0) is 10.9 Å². The first-order valence-corrected chi connectivity index (χ1v) is 6.18. The van der Waals surface area contributed by atoms with E-state index >= 15 is 0 Å². The lowest BCUT2D eigenvalue weighted by molar-refractivity contribution is -0.138. The van der Waals surface area contributed by atoms with Gasteiger partial charge in [-0.15, -0.1) is 0 Å². The molecule has 0 spiro atoms. The maximum atomic E-state index is 13.0. The number of rotatable bonds is 3. The molecule has 0 saturated heterocycles. The minimum absolute atomic E-state index is 0.245. The van der Waals surface area contributed by atoms with Crippen molar-refractivity contribution < 1.29 is 17.9 Å². The van der Waals surface area contributed by atoms with Crippen molar-refractivity contribution in [2.45, 2.75) is 25.1 Å². The molecule has 1 N–H and O–H groups in total. The maximum absolute atomic E-state index is 13.0. The second-order valence-corrected chi connectivity index (χ2v) is 4.47. The molecule has 104 valence electrons. The smallest absolute Gasteiger partial charge is 0.416 e. The molecule has 0 aromatic heterocycles. The summed E-state index contributed by atoms with van der Waals surface area (Å²) in [4.78, 5) is 0. The van der Waals surface area contributed by atoms with Crippen LogP contribution in [0, 0.1) is 0 Å². The molecule has 1 aromatic carbocycles. The van der Waals surface area contributed by atoms with Crippen molar-refractivity contribution >= 4 is 0 Å². The van der Waals surface area contributed by atoms with Gasteiger partial charge < -0.3 is 10.1 Å². The standard InChI is InChI=1S/C14H16F3NO/c1-18-13(10-5-4-8-19-9-10)11-6-2-3-7-12(11)14(15,16)17/h2-3,6-7,9,13,18H,4-5,8H2,1H3. The van der Waals surface area contributed by atoms with Gasteiger partial charge in [0, 0.05) is 0 Å². The van der Waals surface area contributed by atoms with Gasteiger partial charge in [-0.05, 0) is 37.1 Å². The highest BCUT2D eigenvalue weighted by Gasteiger charge is 2.35. The highest BCUT2D eigenvalue weighted by atomic mass is 19.4. The Hall–Kier alpha value is -1.49. The van der Waals surface area contributed by atoms with Gasteiger partial charge in [0.15, 0.2) is 0 Å². The fraction of sp³-hybridized carbons (Fsp3) is 0.429. The van der Waals surface area contributed by atoms with Crippen LogP contribution in [0.5, 0.6) is 0 Å². The summed E-state index contributed by atoms with van der Waals surface area (Å²) in [5, 5.41) is 2.95. The highest BCUT2D eigenvalue weighted by Crippen LogP contribution is 2.37. The second kappa shape index (κ2) is 5.65. The number of nitrogens with one attached hydrogen (secondary N) is 1. The van der Waals surface area contributed by atoms with E-state index in [4.69, 9.17) is 4.74 Å². The van der Waals surface area contributed by atoms with Gasteiger partial charge in [-0.2, -0.15) is 13.2 Å². The van der Waals surface area contributed by atoms with Gasteiger partial charge >= 0.3 is 6.18 Å². The van der Waals surface area contributed by atoms with Crippen LogP contribution in [0.3, 0.4) is 0 Å². The molecule has 2 nitrogen and oxygen atoms in total. The Labute approximate surface area is 110 Å². The number of ether oxygens (including phenoxy) is 1. The fourth-order valence-electron chi connectivity index (χ4n) is 2.34. The molecule has 0 amide bonds. The van der Waals surface area contributed by atoms with Gasteiger partial charge in [0.05, 0.1) is 24.5 Å². The number of hydrogen-bond acceptors (Lipinski definition) is 2. The average Bonchev–Trinajstić information content (AvgIpc) is 2.40. The molecule has 5 heteroatoms. The largest absolute Gasteiger partial charge is 0.501 e. The molecule has 19 heavy (non-hydrogen) atoms. The van der Waals surface area contributed by atoms with Crippen LogP contribution in [0.25, 0.3) is 0 Å². The Morgan fingerprint density at radius 1 is 1.26 bits per heavy atom. The van der Waals surface area contributed by atoms with Gasteiger partial charge in [0.2, 0.25) is 0 Å². The number of halogens is 3. The van der Waals surface area contributed by atoms with Gasteiger partial charge in [-0.1, -0.05) is 18.2 Å². The van der Waals surface area contributed by atoms with Crippen LogP contribution in [0.15, 0.2) is 36.1 Å². The monoisotopic (exact) mass is 271 g/mol. The number of hydrogen-bond donors (Lipinski definition) is 1. The maximum Gasteiger partial charge on any atom is 0.416 e. The molecule has 1 unspecified atom stereocenters. The van der Waals surface area contributed by atoms with Crippen LogP contribution in [-0.4, -0.2) is 13.7 Å². The zero-order valence-corrected chi connectivity index (χ0v) is 10.6. The summed E-state index contributed by atoms with van der Waals surface area (Å²) in [5.74, 6) is 0. The van der Waals surface area contributed by atoms with Crippen LogP contribution in [0.1, 0.15) is 30.0 Å². The van der Waals surface area contributed by atoms with Crippen molar-refractivity contribution in [1.29, 1.82) is 0 Å². The molecule has 1 heterocycles. The molecule has 0 aliphatic carbocycles. The minimum Gasteiger partial charge on any atom is -0.501 e. The molecular formula is C14H16F3NO. The predicted molar refractivity (Wildman–Crippen MR) is 66.5 cm³/mol. The molecule has 1 aromatic rings. The van der Waals surface area contributed by atoms with Gasteiger partial charge in [0.1, 0.15) is 0 Å². The van der Waals surface area contributed by atoms with E-state index in [0.29, 0.717) is 6.61 Å². The topological polar surface area (TPSA) is 21.3 Å². The van der Waals surface area contributed by atoms with E-state index in [0.717, 1.165) is 24.5 Å². The van der Waals surface area contributed by atoms with Crippen molar-refractivity contribution in [2.75, 3.05) is 13.7 Å². The Morgan fingerprint density at radius 2 is 2.00 bits per heavy atom. The number of likely N-dealkylation sites (N-methyl/N-ethyl adjacent to an activating group) is 1. The molecule has 0 radical (unpaired) electrons. The Kier molecular flexibility index (Phi) is 4.14. The second-order valence-electron chi connectivity index (χ2n) is 4.47. The van der Waals surface area contributed by atoms with Crippen LogP contribution < -0.4 is 5.32 Å². The molecule has 2 rings (SSSR count). The quantitative estimate of drug-likeness (QED) is 0.905. The molecule has 0 bridgehead atoms. The first-order valence-electron chi connectivity index (χ1n) is 6.18. The van der Waals surface area contributed by atoms with Gasteiger partial charge in [-0.25, -0.2) is 0 Å². The summed E-state index contributed by atoms with van der Waals surface area (Å²) in [5.41, 5.74) is 0.500. The molecule has 0 fully saturated rings. The Balaban J connectivity index is 2.41. The third-order valence-electron chi connectivity index (χ3n) is 3.20. The summed E-state index contributed by atoms with van der Waals surface area (Å²) < 4.78 is 44.3. The van der Waals surface area contributed by atoms with Gasteiger partial charge in [0.25, 0.3) is 0 Å². The first-order chi connectivity index (χ1) is 9.04. The third-order valence-corrected chi connectivity index (χ3v) is 3.20. The molecule has 1 aliphatic heterocycles. The van der Waals surface area contributed by atoms with Gasteiger partial charge in [-0.3, -0.25) is 0 Å². The summed E-state index contributed by atoms with van der Waals surface area (Å²) in [6, 6.07) is 5.20. The van der Waals surface area contributed by atoms with E-state index in [1.165, 1.54) is 12.1 Å². The predicted octanol–water partition coefficient (Wildman–Crippen LogP) is 3.66. The Morgan fingerprint density at radius 3 is 2.58 bits per heavy atom. The third kappa shape index (κ3) is 3.10. The zero-order valence-electron chi connectivity index (χ0n) is 10.6. The minimum atomic E-state index is -4.35. The van der Waals surface area contributed by atoms with E-state index < -0.39 is 17.8 Å². The molecule has 1 atom stereocenters.